The van der Waals surface area contributed by atoms with Crippen LogP contribution >= 0.6 is 0 Å². The number of benzene rings is 1. The zero-order valence-electron chi connectivity index (χ0n) is 12.2. The van der Waals surface area contributed by atoms with Gasteiger partial charge in [-0.25, -0.2) is 0 Å². The first-order valence-electron chi connectivity index (χ1n) is 6.56. The fourth-order valence-corrected chi connectivity index (χ4v) is 2.33. The first-order chi connectivity index (χ1) is 8.60. The average molecular weight is 250 g/mol. The molecule has 1 aromatic carbocycles. The Bertz CT molecular complexity index is 352. The van der Waals surface area contributed by atoms with Gasteiger partial charge in [0.15, 0.2) is 0 Å². The van der Waals surface area contributed by atoms with E-state index in [1.54, 1.807) is 7.11 Å². The third kappa shape index (κ3) is 4.00. The number of hydrogen-bond donors (Lipinski definition) is 1. The number of nitrogens with one attached hydrogen (secondary N) is 1. The van der Waals surface area contributed by atoms with Crippen molar-refractivity contribution in [3.05, 3.63) is 29.8 Å². The van der Waals surface area contributed by atoms with E-state index in [4.69, 9.17) is 4.74 Å². The molecule has 18 heavy (non-hydrogen) atoms. The highest BCUT2D eigenvalue weighted by atomic mass is 16.5. The average Bonchev–Trinajstić information content (AvgIpc) is 2.36. The summed E-state index contributed by atoms with van der Waals surface area (Å²) in [5, 5.41) is 3.27. The van der Waals surface area contributed by atoms with Crippen LogP contribution in [0.5, 0.6) is 5.75 Å². The normalized spacial score (nSPS) is 13.1. The minimum atomic E-state index is 0.528. The van der Waals surface area contributed by atoms with E-state index in [1.807, 2.05) is 19.2 Å². The Labute approximate surface area is 111 Å². The van der Waals surface area contributed by atoms with Crippen molar-refractivity contribution in [1.82, 2.24) is 10.2 Å². The van der Waals surface area contributed by atoms with Gasteiger partial charge in [-0.15, -0.1) is 0 Å². The number of nitrogens with zero attached hydrogens (tertiary/aromatic N) is 1. The van der Waals surface area contributed by atoms with Crippen LogP contribution in [-0.2, 0) is 6.54 Å². The van der Waals surface area contributed by atoms with Gasteiger partial charge in [0.05, 0.1) is 7.11 Å². The quantitative estimate of drug-likeness (QED) is 0.804. The van der Waals surface area contributed by atoms with E-state index in [9.17, 15) is 0 Å². The zero-order valence-corrected chi connectivity index (χ0v) is 12.2. The minimum Gasteiger partial charge on any atom is -0.496 e. The Hall–Kier alpha value is -1.06. The first kappa shape index (κ1) is 15.0. The molecule has 1 aromatic rings. The molecule has 1 atom stereocenters. The molecule has 0 bridgehead atoms. The second kappa shape index (κ2) is 7.39. The summed E-state index contributed by atoms with van der Waals surface area (Å²) < 4.78 is 5.40. The molecule has 0 aliphatic heterocycles. The van der Waals surface area contributed by atoms with Gasteiger partial charge in [-0.2, -0.15) is 0 Å². The van der Waals surface area contributed by atoms with Crippen molar-refractivity contribution in [2.75, 3.05) is 27.7 Å². The van der Waals surface area contributed by atoms with Gasteiger partial charge in [-0.05, 0) is 26.1 Å². The molecule has 0 spiro atoms. The van der Waals surface area contributed by atoms with Gasteiger partial charge in [0.2, 0.25) is 0 Å². The van der Waals surface area contributed by atoms with Crippen LogP contribution in [0.3, 0.4) is 0 Å². The predicted octanol–water partition coefficient (Wildman–Crippen LogP) is 2.37. The molecular formula is C15H26N2O. The van der Waals surface area contributed by atoms with E-state index < -0.39 is 0 Å². The maximum Gasteiger partial charge on any atom is 0.123 e. The summed E-state index contributed by atoms with van der Waals surface area (Å²) in [5.41, 5.74) is 1.24. The maximum atomic E-state index is 5.40. The van der Waals surface area contributed by atoms with Crippen LogP contribution in [0.25, 0.3) is 0 Å². The molecule has 0 amide bonds. The van der Waals surface area contributed by atoms with E-state index in [-0.39, 0.29) is 0 Å². The fourth-order valence-electron chi connectivity index (χ4n) is 2.33. The lowest BCUT2D eigenvalue weighted by molar-refractivity contribution is 0.180. The molecule has 3 heteroatoms. The molecule has 0 saturated heterocycles. The summed E-state index contributed by atoms with van der Waals surface area (Å²) >= 11 is 0. The minimum absolute atomic E-state index is 0.528. The Morgan fingerprint density at radius 1 is 1.28 bits per heavy atom. The number of methoxy groups -OCH3 is 1. The number of para-hydroxylation sites is 1. The van der Waals surface area contributed by atoms with Crippen LogP contribution in [0.15, 0.2) is 24.3 Å². The molecule has 0 radical (unpaired) electrons. The smallest absolute Gasteiger partial charge is 0.123 e. The number of likely N-dealkylation sites (N-methyl/N-ethyl adjacent to an activating group) is 2. The Morgan fingerprint density at radius 2 is 1.94 bits per heavy atom. The lowest BCUT2D eigenvalue weighted by Crippen LogP contribution is -2.42. The standard InChI is InChI=1S/C15H26N2O/c1-12(2)14(10-16-3)17(4)11-13-8-6-7-9-15(13)18-5/h6-9,12,14,16H,10-11H2,1-5H3. The lowest BCUT2D eigenvalue weighted by atomic mass is 10.0. The van der Waals surface area contributed by atoms with Gasteiger partial charge in [-0.1, -0.05) is 32.0 Å². The van der Waals surface area contributed by atoms with E-state index in [1.165, 1.54) is 5.56 Å². The second-order valence-electron chi connectivity index (χ2n) is 5.10. The van der Waals surface area contributed by atoms with Gasteiger partial charge in [-0.3, -0.25) is 4.90 Å². The van der Waals surface area contributed by atoms with Crippen LogP contribution in [0.2, 0.25) is 0 Å². The van der Waals surface area contributed by atoms with Crippen molar-refractivity contribution < 1.29 is 4.74 Å². The summed E-state index contributed by atoms with van der Waals surface area (Å²) in [5.74, 6) is 1.59. The molecule has 1 unspecified atom stereocenters. The maximum absolute atomic E-state index is 5.40. The molecule has 0 saturated carbocycles. The molecule has 0 heterocycles. The van der Waals surface area contributed by atoms with Gasteiger partial charge in [0, 0.05) is 24.7 Å². The van der Waals surface area contributed by atoms with E-state index in [0.717, 1.165) is 18.8 Å². The third-order valence-corrected chi connectivity index (χ3v) is 3.36. The van der Waals surface area contributed by atoms with Crippen molar-refractivity contribution >= 4 is 0 Å². The molecule has 102 valence electrons. The van der Waals surface area contributed by atoms with Gasteiger partial charge in [0.1, 0.15) is 5.75 Å². The molecule has 1 N–H and O–H groups in total. The summed E-state index contributed by atoms with van der Waals surface area (Å²) in [7, 11) is 5.91. The molecule has 0 fully saturated rings. The monoisotopic (exact) mass is 250 g/mol. The van der Waals surface area contributed by atoms with Crippen LogP contribution in [-0.4, -0.2) is 38.7 Å². The zero-order chi connectivity index (χ0) is 13.5. The summed E-state index contributed by atoms with van der Waals surface area (Å²) in [4.78, 5) is 2.39. The fraction of sp³-hybridized carbons (Fsp3) is 0.600. The van der Waals surface area contributed by atoms with E-state index >= 15 is 0 Å². The molecule has 1 rings (SSSR count). The van der Waals surface area contributed by atoms with E-state index in [2.05, 4.69) is 43.2 Å². The predicted molar refractivity (Wildman–Crippen MR) is 77.0 cm³/mol. The highest BCUT2D eigenvalue weighted by molar-refractivity contribution is 5.33. The molecule has 0 aromatic heterocycles. The molecule has 3 nitrogen and oxygen atoms in total. The van der Waals surface area contributed by atoms with Crippen molar-refractivity contribution in [3.8, 4) is 5.75 Å². The van der Waals surface area contributed by atoms with Crippen LogP contribution in [0, 0.1) is 5.92 Å². The van der Waals surface area contributed by atoms with Crippen molar-refractivity contribution in [1.29, 1.82) is 0 Å². The van der Waals surface area contributed by atoms with Crippen molar-refractivity contribution in [2.45, 2.75) is 26.4 Å². The second-order valence-corrected chi connectivity index (χ2v) is 5.10. The molecule has 0 aliphatic carbocycles. The molecule has 0 aliphatic rings. The Kier molecular flexibility index (Phi) is 6.16. The highest BCUT2D eigenvalue weighted by Gasteiger charge is 2.18. The highest BCUT2D eigenvalue weighted by Crippen LogP contribution is 2.20. The molecular weight excluding hydrogens is 224 g/mol. The first-order valence-corrected chi connectivity index (χ1v) is 6.56. The summed E-state index contributed by atoms with van der Waals surface area (Å²) in [6, 6.07) is 8.75. The number of hydrogen-bond acceptors (Lipinski definition) is 3. The third-order valence-electron chi connectivity index (χ3n) is 3.36. The van der Waals surface area contributed by atoms with Crippen LogP contribution in [0.4, 0.5) is 0 Å². The van der Waals surface area contributed by atoms with Gasteiger partial charge < -0.3 is 10.1 Å². The Balaban J connectivity index is 2.75. The van der Waals surface area contributed by atoms with Gasteiger partial charge in [0.25, 0.3) is 0 Å². The van der Waals surface area contributed by atoms with Gasteiger partial charge >= 0.3 is 0 Å². The lowest BCUT2D eigenvalue weighted by Gasteiger charge is -2.31. The summed E-state index contributed by atoms with van der Waals surface area (Å²) in [6.45, 7) is 6.44. The van der Waals surface area contributed by atoms with Crippen molar-refractivity contribution in [3.63, 3.8) is 0 Å². The van der Waals surface area contributed by atoms with Crippen LogP contribution < -0.4 is 10.1 Å². The van der Waals surface area contributed by atoms with Crippen molar-refractivity contribution in [2.24, 2.45) is 5.92 Å². The number of ether oxygens (including phenoxy) is 1. The topological polar surface area (TPSA) is 24.5 Å². The SMILES string of the molecule is CNCC(C(C)C)N(C)Cc1ccccc1OC. The number of rotatable bonds is 7. The summed E-state index contributed by atoms with van der Waals surface area (Å²) in [6.07, 6.45) is 0. The Morgan fingerprint density at radius 3 is 2.50 bits per heavy atom. The largest absolute Gasteiger partial charge is 0.496 e. The van der Waals surface area contributed by atoms with E-state index in [0.29, 0.717) is 12.0 Å². The van der Waals surface area contributed by atoms with Crippen LogP contribution in [0.1, 0.15) is 19.4 Å².